The second kappa shape index (κ2) is 6.55. The second-order valence-electron chi connectivity index (χ2n) is 3.75. The summed E-state index contributed by atoms with van der Waals surface area (Å²) in [7, 11) is 0. The number of aliphatic hydroxyl groups excluding tert-OH is 3. The molecule has 5 nitrogen and oxygen atoms in total. The van der Waals surface area contributed by atoms with Crippen molar-refractivity contribution in [3.63, 3.8) is 0 Å². The van der Waals surface area contributed by atoms with Crippen LogP contribution in [0.1, 0.15) is 5.69 Å². The van der Waals surface area contributed by atoms with Crippen molar-refractivity contribution in [2.24, 2.45) is 0 Å². The fraction of sp³-hybridized carbons (Fsp3) is 0.545. The Morgan fingerprint density at radius 1 is 1.12 bits per heavy atom. The van der Waals surface area contributed by atoms with Crippen LogP contribution in [0.2, 0.25) is 0 Å². The maximum absolute atomic E-state index is 9.08. The lowest BCUT2D eigenvalue weighted by Gasteiger charge is -2.28. The van der Waals surface area contributed by atoms with E-state index in [0.29, 0.717) is 13.0 Å². The largest absolute Gasteiger partial charge is 0.394 e. The first-order chi connectivity index (χ1) is 7.76. The average molecular weight is 226 g/mol. The van der Waals surface area contributed by atoms with E-state index < -0.39 is 5.54 Å². The van der Waals surface area contributed by atoms with Crippen molar-refractivity contribution >= 4 is 0 Å². The van der Waals surface area contributed by atoms with Crippen LogP contribution in [0.5, 0.6) is 0 Å². The first-order valence-corrected chi connectivity index (χ1v) is 5.24. The van der Waals surface area contributed by atoms with Gasteiger partial charge in [-0.25, -0.2) is 0 Å². The molecule has 16 heavy (non-hydrogen) atoms. The quantitative estimate of drug-likeness (QED) is 0.476. The lowest BCUT2D eigenvalue weighted by Crippen LogP contribution is -2.55. The highest BCUT2D eigenvalue weighted by Crippen LogP contribution is 2.02. The van der Waals surface area contributed by atoms with Crippen LogP contribution in [-0.2, 0) is 6.42 Å². The highest BCUT2D eigenvalue weighted by atomic mass is 16.3. The number of nitrogens with one attached hydrogen (secondary N) is 1. The molecule has 1 aromatic rings. The molecule has 5 heteroatoms. The summed E-state index contributed by atoms with van der Waals surface area (Å²) in [6.45, 7) is -0.370. The summed E-state index contributed by atoms with van der Waals surface area (Å²) < 4.78 is 0. The molecular formula is C11H18N2O3. The van der Waals surface area contributed by atoms with E-state index in [1.54, 1.807) is 6.20 Å². The maximum atomic E-state index is 9.08. The summed E-state index contributed by atoms with van der Waals surface area (Å²) in [5.41, 5.74) is -0.0767. The van der Waals surface area contributed by atoms with Gasteiger partial charge in [0.1, 0.15) is 0 Å². The first-order valence-electron chi connectivity index (χ1n) is 5.24. The minimum absolute atomic E-state index is 0.303. The summed E-state index contributed by atoms with van der Waals surface area (Å²) in [5, 5.41) is 30.2. The Kier molecular flexibility index (Phi) is 5.34. The van der Waals surface area contributed by atoms with Gasteiger partial charge in [0.2, 0.25) is 0 Å². The molecule has 0 radical (unpaired) electrons. The molecule has 0 saturated heterocycles. The van der Waals surface area contributed by atoms with Crippen LogP contribution in [0, 0.1) is 0 Å². The number of aromatic nitrogens is 1. The summed E-state index contributed by atoms with van der Waals surface area (Å²) in [6, 6.07) is 5.65. The molecule has 4 N–H and O–H groups in total. The third-order valence-corrected chi connectivity index (χ3v) is 2.52. The SMILES string of the molecule is OCC(CO)(CO)NCCc1ccccn1. The Morgan fingerprint density at radius 2 is 1.81 bits per heavy atom. The monoisotopic (exact) mass is 226 g/mol. The molecule has 1 heterocycles. The van der Waals surface area contributed by atoms with Gasteiger partial charge in [0, 0.05) is 24.9 Å². The molecule has 0 aliphatic carbocycles. The van der Waals surface area contributed by atoms with Gasteiger partial charge >= 0.3 is 0 Å². The van der Waals surface area contributed by atoms with E-state index in [1.165, 1.54) is 0 Å². The minimum Gasteiger partial charge on any atom is -0.394 e. The number of hydrogen-bond donors (Lipinski definition) is 4. The van der Waals surface area contributed by atoms with E-state index in [2.05, 4.69) is 10.3 Å². The second-order valence-corrected chi connectivity index (χ2v) is 3.75. The van der Waals surface area contributed by atoms with Gasteiger partial charge in [0.25, 0.3) is 0 Å². The molecule has 0 aliphatic rings. The van der Waals surface area contributed by atoms with Crippen molar-refractivity contribution in [1.29, 1.82) is 0 Å². The van der Waals surface area contributed by atoms with Gasteiger partial charge in [-0.2, -0.15) is 0 Å². The highest BCUT2D eigenvalue weighted by Gasteiger charge is 2.26. The predicted octanol–water partition coefficient (Wildman–Crippen LogP) is -1.07. The van der Waals surface area contributed by atoms with Gasteiger partial charge in [-0.3, -0.25) is 4.98 Å². The summed E-state index contributed by atoms with van der Waals surface area (Å²) in [5.74, 6) is 0. The number of pyridine rings is 1. The van der Waals surface area contributed by atoms with E-state index in [0.717, 1.165) is 5.69 Å². The van der Waals surface area contributed by atoms with Gasteiger partial charge in [0.05, 0.1) is 25.4 Å². The van der Waals surface area contributed by atoms with Crippen LogP contribution in [0.3, 0.4) is 0 Å². The summed E-state index contributed by atoms with van der Waals surface area (Å²) in [4.78, 5) is 4.15. The van der Waals surface area contributed by atoms with E-state index in [9.17, 15) is 0 Å². The molecule has 0 aliphatic heterocycles. The lowest BCUT2D eigenvalue weighted by atomic mass is 10.0. The van der Waals surface area contributed by atoms with Gasteiger partial charge in [-0.05, 0) is 12.1 Å². The Labute approximate surface area is 94.8 Å². The molecule has 90 valence electrons. The number of aliphatic hydroxyl groups is 3. The van der Waals surface area contributed by atoms with Crippen LogP contribution in [0.15, 0.2) is 24.4 Å². The average Bonchev–Trinajstić information content (AvgIpc) is 2.37. The van der Waals surface area contributed by atoms with Gasteiger partial charge < -0.3 is 20.6 Å². The molecular weight excluding hydrogens is 208 g/mol. The zero-order chi connectivity index (χ0) is 11.9. The van der Waals surface area contributed by atoms with Crippen LogP contribution < -0.4 is 5.32 Å². The fourth-order valence-corrected chi connectivity index (χ4v) is 1.32. The third kappa shape index (κ3) is 3.53. The Hall–Kier alpha value is -1.01. The minimum atomic E-state index is -1.01. The third-order valence-electron chi connectivity index (χ3n) is 2.52. The van der Waals surface area contributed by atoms with Crippen LogP contribution >= 0.6 is 0 Å². The predicted molar refractivity (Wildman–Crippen MR) is 59.9 cm³/mol. The van der Waals surface area contributed by atoms with E-state index in [-0.39, 0.29) is 19.8 Å². The number of hydrogen-bond acceptors (Lipinski definition) is 5. The zero-order valence-electron chi connectivity index (χ0n) is 9.13. The van der Waals surface area contributed by atoms with Crippen molar-refractivity contribution in [1.82, 2.24) is 10.3 Å². The molecule has 0 bridgehead atoms. The number of nitrogens with zero attached hydrogens (tertiary/aromatic N) is 1. The van der Waals surface area contributed by atoms with Crippen molar-refractivity contribution in [2.45, 2.75) is 12.0 Å². The summed E-state index contributed by atoms with van der Waals surface area (Å²) in [6.07, 6.45) is 2.40. The van der Waals surface area contributed by atoms with Crippen molar-refractivity contribution in [3.8, 4) is 0 Å². The van der Waals surface area contributed by atoms with Crippen LogP contribution in [-0.4, -0.2) is 52.2 Å². The molecule has 0 aromatic carbocycles. The molecule has 0 atom stereocenters. The Bertz CT molecular complexity index is 280. The molecule has 0 spiro atoms. The fourth-order valence-electron chi connectivity index (χ4n) is 1.32. The van der Waals surface area contributed by atoms with E-state index in [4.69, 9.17) is 15.3 Å². The molecule has 1 aromatic heterocycles. The van der Waals surface area contributed by atoms with Crippen molar-refractivity contribution in [3.05, 3.63) is 30.1 Å². The van der Waals surface area contributed by atoms with Gasteiger partial charge in [-0.15, -0.1) is 0 Å². The highest BCUT2D eigenvalue weighted by molar-refractivity contribution is 5.04. The molecule has 0 unspecified atom stereocenters. The van der Waals surface area contributed by atoms with Crippen LogP contribution in [0.25, 0.3) is 0 Å². The van der Waals surface area contributed by atoms with Crippen LogP contribution in [0.4, 0.5) is 0 Å². The van der Waals surface area contributed by atoms with Gasteiger partial charge in [-0.1, -0.05) is 6.07 Å². The molecule has 0 saturated carbocycles. The summed E-state index contributed by atoms with van der Waals surface area (Å²) >= 11 is 0. The van der Waals surface area contributed by atoms with Crippen molar-refractivity contribution in [2.75, 3.05) is 26.4 Å². The smallest absolute Gasteiger partial charge is 0.0881 e. The topological polar surface area (TPSA) is 85.6 Å². The Balaban J connectivity index is 2.39. The molecule has 0 amide bonds. The van der Waals surface area contributed by atoms with E-state index >= 15 is 0 Å². The number of rotatable bonds is 7. The zero-order valence-corrected chi connectivity index (χ0v) is 9.13. The molecule has 1 rings (SSSR count). The lowest BCUT2D eigenvalue weighted by molar-refractivity contribution is 0.0430. The molecule has 0 fully saturated rings. The maximum Gasteiger partial charge on any atom is 0.0881 e. The van der Waals surface area contributed by atoms with E-state index in [1.807, 2.05) is 18.2 Å². The normalized spacial score (nSPS) is 11.7. The van der Waals surface area contributed by atoms with Crippen molar-refractivity contribution < 1.29 is 15.3 Å². The Morgan fingerprint density at radius 3 is 2.31 bits per heavy atom. The standard InChI is InChI=1S/C11H18N2O3/c14-7-11(8-15,9-16)13-6-4-10-3-1-2-5-12-10/h1-3,5,13-16H,4,6-9H2. The van der Waals surface area contributed by atoms with Gasteiger partial charge in [0.15, 0.2) is 0 Å². The first kappa shape index (κ1) is 13.1.